The number of hydroxylamine groups is 1. The number of aryl methyl sites for hydroxylation is 1. The van der Waals surface area contributed by atoms with Crippen LogP contribution in [0.4, 0.5) is 10.2 Å². The predicted octanol–water partition coefficient (Wildman–Crippen LogP) is 5.50. The van der Waals surface area contributed by atoms with Crippen molar-refractivity contribution in [2.45, 2.75) is 57.9 Å². The maximum atomic E-state index is 14.8. The van der Waals surface area contributed by atoms with Crippen LogP contribution in [0.2, 0.25) is 0 Å². The number of nitrogens with zero attached hydrogens (tertiary/aromatic N) is 3. The van der Waals surface area contributed by atoms with Gasteiger partial charge in [0.25, 0.3) is 0 Å². The number of pyridine rings is 1. The Labute approximate surface area is 234 Å². The van der Waals surface area contributed by atoms with E-state index in [1.165, 1.54) is 12.1 Å². The van der Waals surface area contributed by atoms with E-state index in [-0.39, 0.29) is 23.9 Å². The lowest BCUT2D eigenvalue weighted by Gasteiger charge is -2.32. The van der Waals surface area contributed by atoms with Crippen LogP contribution in [-0.2, 0) is 4.79 Å². The summed E-state index contributed by atoms with van der Waals surface area (Å²) in [6.45, 7) is 4.01. The van der Waals surface area contributed by atoms with Crippen LogP contribution in [0.3, 0.4) is 0 Å². The Balaban J connectivity index is 1.70. The zero-order valence-corrected chi connectivity index (χ0v) is 22.8. The van der Waals surface area contributed by atoms with Gasteiger partial charge in [0.05, 0.1) is 23.4 Å². The van der Waals surface area contributed by atoms with Crippen molar-refractivity contribution in [3.8, 4) is 34.2 Å². The predicted molar refractivity (Wildman–Crippen MR) is 152 cm³/mol. The number of rotatable bonds is 11. The van der Waals surface area contributed by atoms with E-state index >= 15 is 0 Å². The molecular formula is C31H36FN5O3. The molecule has 0 saturated carbocycles. The molecule has 0 atom stereocenters. The van der Waals surface area contributed by atoms with Crippen LogP contribution in [0.15, 0.2) is 48.5 Å². The molecule has 210 valence electrons. The van der Waals surface area contributed by atoms with E-state index in [9.17, 15) is 14.4 Å². The SMILES string of the molecule is Cc1ccc(-c2c(OCCCCCCC(=O)NO)cc(N3CCC(N)CC3)nc2-c2ccc(C#N)c(F)c2)cc1. The first kappa shape index (κ1) is 29.0. The number of unbranched alkanes of at least 4 members (excludes halogenated alkanes) is 3. The van der Waals surface area contributed by atoms with Crippen molar-refractivity contribution in [2.75, 3.05) is 24.6 Å². The molecule has 2 heterocycles. The van der Waals surface area contributed by atoms with Crippen molar-refractivity contribution in [1.82, 2.24) is 10.5 Å². The summed E-state index contributed by atoms with van der Waals surface area (Å²) in [4.78, 5) is 18.4. The van der Waals surface area contributed by atoms with Gasteiger partial charge in [0.15, 0.2) is 0 Å². The number of carbonyl (C=O) groups is 1. The summed E-state index contributed by atoms with van der Waals surface area (Å²) in [6.07, 6.45) is 5.17. The lowest BCUT2D eigenvalue weighted by molar-refractivity contribution is -0.129. The summed E-state index contributed by atoms with van der Waals surface area (Å²) in [5.74, 6) is 0.424. The molecule has 0 spiro atoms. The molecule has 2 aromatic carbocycles. The Bertz CT molecular complexity index is 1350. The van der Waals surface area contributed by atoms with E-state index in [0.29, 0.717) is 30.0 Å². The molecule has 0 radical (unpaired) electrons. The fraction of sp³-hybridized carbons (Fsp3) is 0.387. The number of nitriles is 1. The Morgan fingerprint density at radius 3 is 2.50 bits per heavy atom. The summed E-state index contributed by atoms with van der Waals surface area (Å²) < 4.78 is 21.2. The number of hydrogen-bond donors (Lipinski definition) is 3. The second kappa shape index (κ2) is 13.9. The number of benzene rings is 2. The topological polar surface area (TPSA) is 124 Å². The van der Waals surface area contributed by atoms with E-state index in [4.69, 9.17) is 20.7 Å². The van der Waals surface area contributed by atoms with E-state index in [2.05, 4.69) is 4.90 Å². The molecule has 0 unspecified atom stereocenters. The van der Waals surface area contributed by atoms with E-state index in [1.807, 2.05) is 43.3 Å². The number of halogens is 1. The molecule has 0 bridgehead atoms. The quantitative estimate of drug-likeness (QED) is 0.165. The Kier molecular flexibility index (Phi) is 10.1. The van der Waals surface area contributed by atoms with E-state index in [0.717, 1.165) is 67.7 Å². The van der Waals surface area contributed by atoms with Gasteiger partial charge in [0.1, 0.15) is 23.5 Å². The number of hydrogen-bond acceptors (Lipinski definition) is 7. The summed E-state index contributed by atoms with van der Waals surface area (Å²) in [6, 6.07) is 16.6. The van der Waals surface area contributed by atoms with Gasteiger partial charge in [-0.15, -0.1) is 0 Å². The van der Waals surface area contributed by atoms with E-state index in [1.54, 1.807) is 11.5 Å². The number of ether oxygens (including phenoxy) is 1. The van der Waals surface area contributed by atoms with Crippen LogP contribution in [-0.4, -0.2) is 41.8 Å². The largest absolute Gasteiger partial charge is 0.493 e. The minimum atomic E-state index is -0.594. The van der Waals surface area contributed by atoms with Crippen molar-refractivity contribution < 1.29 is 19.1 Å². The third kappa shape index (κ3) is 7.34. The fourth-order valence-electron chi connectivity index (χ4n) is 4.85. The Morgan fingerprint density at radius 2 is 1.82 bits per heavy atom. The highest BCUT2D eigenvalue weighted by Gasteiger charge is 2.23. The first-order chi connectivity index (χ1) is 19.4. The van der Waals surface area contributed by atoms with Gasteiger partial charge in [-0.05, 0) is 50.3 Å². The molecule has 4 rings (SSSR count). The van der Waals surface area contributed by atoms with Crippen molar-refractivity contribution in [1.29, 1.82) is 5.26 Å². The highest BCUT2D eigenvalue weighted by Crippen LogP contribution is 2.41. The molecule has 40 heavy (non-hydrogen) atoms. The molecule has 1 aromatic heterocycles. The maximum Gasteiger partial charge on any atom is 0.243 e. The first-order valence-electron chi connectivity index (χ1n) is 13.8. The first-order valence-corrected chi connectivity index (χ1v) is 13.8. The van der Waals surface area contributed by atoms with Crippen LogP contribution >= 0.6 is 0 Å². The van der Waals surface area contributed by atoms with Gasteiger partial charge < -0.3 is 15.4 Å². The zero-order valence-electron chi connectivity index (χ0n) is 22.8. The lowest BCUT2D eigenvalue weighted by Crippen LogP contribution is -2.40. The number of piperidine rings is 1. The van der Waals surface area contributed by atoms with Crippen molar-refractivity contribution in [2.24, 2.45) is 5.73 Å². The third-order valence-electron chi connectivity index (χ3n) is 7.22. The number of nitrogens with one attached hydrogen (secondary N) is 1. The van der Waals surface area contributed by atoms with Crippen molar-refractivity contribution >= 4 is 11.7 Å². The van der Waals surface area contributed by atoms with Gasteiger partial charge in [-0.2, -0.15) is 5.26 Å². The third-order valence-corrected chi connectivity index (χ3v) is 7.22. The molecule has 1 aliphatic heterocycles. The van der Waals surface area contributed by atoms with Gasteiger partial charge >= 0.3 is 0 Å². The number of nitrogens with two attached hydrogens (primary N) is 1. The van der Waals surface area contributed by atoms with Gasteiger partial charge in [0, 0.05) is 37.2 Å². The van der Waals surface area contributed by atoms with Crippen LogP contribution in [0.5, 0.6) is 5.75 Å². The fourth-order valence-corrected chi connectivity index (χ4v) is 4.85. The Hall–Kier alpha value is -4.00. The van der Waals surface area contributed by atoms with Crippen LogP contribution < -0.4 is 20.9 Å². The summed E-state index contributed by atoms with van der Waals surface area (Å²) in [5.41, 5.74) is 11.7. The second-order valence-electron chi connectivity index (χ2n) is 10.2. The average molecular weight is 546 g/mol. The standard InChI is InChI=1S/C31H36FN5O3/c1-21-7-9-22(10-8-21)30-27(40-17-5-3-2-4-6-29(38)36-39)19-28(37-15-13-25(34)14-16-37)35-31(30)23-11-12-24(20-33)26(32)18-23/h7-12,18-19,25,39H,2-6,13-17,34H2,1H3,(H,36,38). The minimum absolute atomic E-state index is 0.0187. The second-order valence-corrected chi connectivity index (χ2v) is 10.2. The normalized spacial score (nSPS) is 13.6. The molecule has 9 heteroatoms. The van der Waals surface area contributed by atoms with Gasteiger partial charge in [-0.1, -0.05) is 48.7 Å². The summed E-state index contributed by atoms with van der Waals surface area (Å²) in [5, 5.41) is 17.9. The minimum Gasteiger partial charge on any atom is -0.493 e. The number of carbonyl (C=O) groups excluding carboxylic acids is 1. The molecule has 3 aromatic rings. The van der Waals surface area contributed by atoms with Crippen LogP contribution in [0.25, 0.3) is 22.4 Å². The average Bonchev–Trinajstić information content (AvgIpc) is 2.97. The van der Waals surface area contributed by atoms with Crippen molar-refractivity contribution in [3.05, 3.63) is 65.5 Å². The van der Waals surface area contributed by atoms with Gasteiger partial charge in [-0.25, -0.2) is 14.9 Å². The number of anilines is 1. The van der Waals surface area contributed by atoms with E-state index < -0.39 is 5.82 Å². The van der Waals surface area contributed by atoms with Crippen LogP contribution in [0, 0.1) is 24.1 Å². The maximum absolute atomic E-state index is 14.8. The van der Waals surface area contributed by atoms with Crippen molar-refractivity contribution in [3.63, 3.8) is 0 Å². The molecular weight excluding hydrogens is 509 g/mol. The molecule has 1 saturated heterocycles. The molecule has 4 N–H and O–H groups in total. The van der Waals surface area contributed by atoms with Gasteiger partial charge in [-0.3, -0.25) is 10.0 Å². The molecule has 1 aliphatic rings. The van der Waals surface area contributed by atoms with Crippen LogP contribution in [0.1, 0.15) is 56.1 Å². The van der Waals surface area contributed by atoms with Gasteiger partial charge in [0.2, 0.25) is 5.91 Å². The number of aromatic nitrogens is 1. The molecule has 1 fully saturated rings. The number of amides is 1. The summed E-state index contributed by atoms with van der Waals surface area (Å²) >= 11 is 0. The monoisotopic (exact) mass is 545 g/mol. The zero-order chi connectivity index (χ0) is 28.5. The molecule has 0 aliphatic carbocycles. The lowest BCUT2D eigenvalue weighted by atomic mass is 9.96. The Morgan fingerprint density at radius 1 is 1.12 bits per heavy atom. The highest BCUT2D eigenvalue weighted by atomic mass is 19.1. The smallest absolute Gasteiger partial charge is 0.243 e. The highest BCUT2D eigenvalue weighted by molar-refractivity contribution is 5.87. The molecule has 8 nitrogen and oxygen atoms in total. The summed E-state index contributed by atoms with van der Waals surface area (Å²) in [7, 11) is 0. The molecule has 1 amide bonds.